The van der Waals surface area contributed by atoms with E-state index in [0.717, 1.165) is 18.4 Å². The Bertz CT molecular complexity index is 1290. The van der Waals surface area contributed by atoms with Crippen molar-refractivity contribution >= 4 is 27.5 Å². The zero-order chi connectivity index (χ0) is 27.0. The van der Waals surface area contributed by atoms with Crippen molar-refractivity contribution in [2.75, 3.05) is 5.32 Å². The van der Waals surface area contributed by atoms with Gasteiger partial charge >= 0.3 is 0 Å². The first-order valence-electron chi connectivity index (χ1n) is 12.0. The zero-order valence-corrected chi connectivity index (χ0v) is 21.8. The molecular weight excluding hydrogens is 492 g/mol. The van der Waals surface area contributed by atoms with E-state index in [2.05, 4.69) is 21.9 Å². The lowest BCUT2D eigenvalue weighted by Crippen LogP contribution is -2.43. The molecule has 1 heterocycles. The molecule has 0 unspecified atom stereocenters. The monoisotopic (exact) mass is 524 g/mol. The third-order valence-corrected chi connectivity index (χ3v) is 7.45. The number of pyridine rings is 1. The van der Waals surface area contributed by atoms with Crippen LogP contribution in [0.2, 0.25) is 0 Å². The average Bonchev–Trinajstić information content (AvgIpc) is 2.89. The summed E-state index contributed by atoms with van der Waals surface area (Å²) in [5.74, 6) is -2.24. The van der Waals surface area contributed by atoms with Crippen molar-refractivity contribution < 1.29 is 23.2 Å². The number of nitrogens with zero attached hydrogens (tertiary/aromatic N) is 1. The lowest BCUT2D eigenvalue weighted by atomic mass is 9.85. The summed E-state index contributed by atoms with van der Waals surface area (Å²) in [6, 6.07) is 15.4. The van der Waals surface area contributed by atoms with Crippen LogP contribution >= 0.6 is 0 Å². The highest BCUT2D eigenvalue weighted by atomic mass is 32.2. The van der Waals surface area contributed by atoms with Gasteiger partial charge in [0, 0.05) is 23.6 Å². The number of carbonyl (C=O) groups excluding carboxylic acids is 2. The van der Waals surface area contributed by atoms with Crippen molar-refractivity contribution in [2.45, 2.75) is 44.6 Å². The van der Waals surface area contributed by atoms with Gasteiger partial charge in [-0.2, -0.15) is 0 Å². The highest BCUT2D eigenvalue weighted by molar-refractivity contribution is 7.89. The number of benzene rings is 2. The predicted molar refractivity (Wildman–Crippen MR) is 140 cm³/mol. The van der Waals surface area contributed by atoms with Crippen molar-refractivity contribution in [3.8, 4) is 0 Å². The maximum absolute atomic E-state index is 13.3. The molecule has 37 heavy (non-hydrogen) atoms. The third kappa shape index (κ3) is 7.22. The molecule has 9 nitrogen and oxygen atoms in total. The van der Waals surface area contributed by atoms with E-state index >= 15 is 0 Å². The quantitative estimate of drug-likeness (QED) is 0.220. The molecule has 2 atom stereocenters. The van der Waals surface area contributed by atoms with E-state index in [9.17, 15) is 23.2 Å². The molecule has 3 rings (SSSR count). The molecule has 0 spiro atoms. The van der Waals surface area contributed by atoms with Crippen LogP contribution in [0.1, 0.15) is 54.7 Å². The molecule has 0 aliphatic carbocycles. The van der Waals surface area contributed by atoms with Gasteiger partial charge in [0.15, 0.2) is 0 Å². The topological polar surface area (TPSA) is 137 Å². The lowest BCUT2D eigenvalue weighted by Gasteiger charge is -2.29. The largest absolute Gasteiger partial charge is 0.322 e. The molecule has 2 aromatic carbocycles. The molecule has 0 fully saturated rings. The molecule has 3 aromatic rings. The second-order valence-electron chi connectivity index (χ2n) is 9.06. The fourth-order valence-corrected chi connectivity index (χ4v) is 5.34. The van der Waals surface area contributed by atoms with Crippen LogP contribution in [0.5, 0.6) is 0 Å². The summed E-state index contributed by atoms with van der Waals surface area (Å²) in [7, 11) is -4.09. The van der Waals surface area contributed by atoms with E-state index in [4.69, 9.17) is 0 Å². The van der Waals surface area contributed by atoms with E-state index in [1.807, 2.05) is 12.1 Å². The molecule has 0 saturated carbocycles. The molecule has 1 aromatic heterocycles. The molecule has 0 saturated heterocycles. The Kier molecular flexibility index (Phi) is 9.51. The van der Waals surface area contributed by atoms with Crippen molar-refractivity contribution in [2.24, 2.45) is 11.8 Å². The van der Waals surface area contributed by atoms with E-state index in [0.29, 0.717) is 16.8 Å². The zero-order valence-electron chi connectivity index (χ0n) is 21.0. The van der Waals surface area contributed by atoms with Gasteiger partial charge in [0.25, 0.3) is 5.91 Å². The van der Waals surface area contributed by atoms with Gasteiger partial charge in [0.05, 0.1) is 16.9 Å². The molecule has 10 heteroatoms. The highest BCUT2D eigenvalue weighted by Crippen LogP contribution is 2.30. The number of anilines is 1. The van der Waals surface area contributed by atoms with Gasteiger partial charge in [0.2, 0.25) is 15.9 Å². The fourth-order valence-electron chi connectivity index (χ4n) is 4.09. The molecule has 0 aliphatic rings. The summed E-state index contributed by atoms with van der Waals surface area (Å²) in [5.41, 5.74) is 4.20. The number of amides is 2. The van der Waals surface area contributed by atoms with Gasteiger partial charge in [-0.05, 0) is 65.9 Å². The Labute approximate surface area is 217 Å². The molecule has 4 N–H and O–H groups in total. The maximum Gasteiger partial charge on any atom is 0.255 e. The number of hydrogen-bond acceptors (Lipinski definition) is 6. The molecule has 0 aliphatic heterocycles. The number of sulfonamides is 1. The van der Waals surface area contributed by atoms with Crippen molar-refractivity contribution in [3.63, 3.8) is 0 Å². The molecular formula is C27H32N4O5S. The summed E-state index contributed by atoms with van der Waals surface area (Å²) in [6.45, 7) is 5.60. The molecule has 0 bridgehead atoms. The number of rotatable bonds is 11. The summed E-state index contributed by atoms with van der Waals surface area (Å²) >= 11 is 0. The minimum absolute atomic E-state index is 0.0461. The minimum Gasteiger partial charge on any atom is -0.322 e. The van der Waals surface area contributed by atoms with E-state index in [1.54, 1.807) is 43.6 Å². The van der Waals surface area contributed by atoms with Crippen LogP contribution in [0.25, 0.3) is 0 Å². The molecule has 0 radical (unpaired) electrons. The Balaban J connectivity index is 1.80. The number of aryl methyl sites for hydroxylation is 1. The first kappa shape index (κ1) is 28.0. The average molecular weight is 525 g/mol. The summed E-state index contributed by atoms with van der Waals surface area (Å²) in [5, 5.41) is 12.0. The Morgan fingerprint density at radius 1 is 1.00 bits per heavy atom. The number of hydroxylamine groups is 1. The molecule has 2 amide bonds. The van der Waals surface area contributed by atoms with Gasteiger partial charge in [0.1, 0.15) is 0 Å². The van der Waals surface area contributed by atoms with Crippen molar-refractivity contribution in [1.29, 1.82) is 0 Å². The van der Waals surface area contributed by atoms with Gasteiger partial charge in [-0.25, -0.2) is 18.6 Å². The number of hydrogen-bond donors (Lipinski definition) is 4. The van der Waals surface area contributed by atoms with Crippen molar-refractivity contribution in [3.05, 3.63) is 89.7 Å². The fraction of sp³-hybridized carbons (Fsp3) is 0.296. The highest BCUT2D eigenvalue weighted by Gasteiger charge is 2.35. The Hall–Kier alpha value is -3.60. The third-order valence-electron chi connectivity index (χ3n) is 5.99. The van der Waals surface area contributed by atoms with E-state index in [-0.39, 0.29) is 16.7 Å². The number of nitrogens with one attached hydrogen (secondary N) is 3. The second kappa shape index (κ2) is 12.6. The lowest BCUT2D eigenvalue weighted by molar-refractivity contribution is -0.135. The SMILES string of the molecule is CCCc1ccc(C(=O)Nc2ccc(S(=O)(=O)N[C@@H](c3cccnc3)[C@H](C(=O)NO)C(C)C)cc2)cc1. The second-order valence-corrected chi connectivity index (χ2v) is 10.8. The van der Waals surface area contributed by atoms with E-state index < -0.39 is 27.9 Å². The Morgan fingerprint density at radius 3 is 2.22 bits per heavy atom. The first-order chi connectivity index (χ1) is 17.7. The van der Waals surface area contributed by atoms with Crippen LogP contribution < -0.4 is 15.5 Å². The number of carbonyl (C=O) groups is 2. The van der Waals surface area contributed by atoms with E-state index in [1.165, 1.54) is 36.7 Å². The molecule has 196 valence electrons. The van der Waals surface area contributed by atoms with Crippen LogP contribution in [0.15, 0.2) is 78.0 Å². The van der Waals surface area contributed by atoms with Gasteiger partial charge in [-0.15, -0.1) is 0 Å². The minimum atomic E-state index is -4.09. The normalized spacial score (nSPS) is 13.1. The maximum atomic E-state index is 13.3. The van der Waals surface area contributed by atoms with Gasteiger partial charge < -0.3 is 5.32 Å². The van der Waals surface area contributed by atoms with Crippen LogP contribution in [-0.2, 0) is 21.2 Å². The number of aromatic nitrogens is 1. The Morgan fingerprint density at radius 2 is 1.68 bits per heavy atom. The smallest absolute Gasteiger partial charge is 0.255 e. The summed E-state index contributed by atoms with van der Waals surface area (Å²) in [4.78, 5) is 29.0. The summed E-state index contributed by atoms with van der Waals surface area (Å²) < 4.78 is 29.2. The summed E-state index contributed by atoms with van der Waals surface area (Å²) in [6.07, 6.45) is 4.97. The van der Waals surface area contributed by atoms with Crippen LogP contribution in [-0.4, -0.2) is 30.4 Å². The van der Waals surface area contributed by atoms with Crippen molar-refractivity contribution in [1.82, 2.24) is 15.2 Å². The van der Waals surface area contributed by atoms with Gasteiger partial charge in [-0.1, -0.05) is 45.4 Å². The van der Waals surface area contributed by atoms with Gasteiger partial charge in [-0.3, -0.25) is 19.8 Å². The predicted octanol–water partition coefficient (Wildman–Crippen LogP) is 4.08. The standard InChI is InChI=1S/C27H32N4O5S/c1-4-6-19-8-10-20(11-9-19)26(32)29-22-12-14-23(15-13-22)37(35,36)31-25(21-7-5-16-28-17-21)24(18(2)3)27(33)30-34/h5,7-18,24-25,31,34H,4,6H2,1-3H3,(H,29,32)(H,30,33)/t24-,25+/m1/s1. The van der Waals surface area contributed by atoms with Crippen LogP contribution in [0.3, 0.4) is 0 Å². The van der Waals surface area contributed by atoms with Crippen LogP contribution in [0.4, 0.5) is 5.69 Å². The van der Waals surface area contributed by atoms with Crippen LogP contribution in [0, 0.1) is 11.8 Å². The first-order valence-corrected chi connectivity index (χ1v) is 13.5.